The van der Waals surface area contributed by atoms with Gasteiger partial charge in [0.1, 0.15) is 0 Å². The fourth-order valence-corrected chi connectivity index (χ4v) is 2.59. The van der Waals surface area contributed by atoms with Crippen LogP contribution in [0.4, 0.5) is 0 Å². The number of benzene rings is 1. The number of carbonyl (C=O) groups excluding carboxylic acids is 1. The van der Waals surface area contributed by atoms with Crippen molar-refractivity contribution >= 4 is 27.5 Å². The number of halogens is 1. The molecule has 1 saturated carbocycles. The summed E-state index contributed by atoms with van der Waals surface area (Å²) in [6, 6.07) is 7.31. The van der Waals surface area contributed by atoms with E-state index in [2.05, 4.69) is 33.4 Å². The van der Waals surface area contributed by atoms with Gasteiger partial charge in [-0.25, -0.2) is 5.43 Å². The molecule has 3 nitrogen and oxygen atoms in total. The van der Waals surface area contributed by atoms with Crippen molar-refractivity contribution in [1.29, 1.82) is 0 Å². The van der Waals surface area contributed by atoms with E-state index in [0.717, 1.165) is 23.0 Å². The highest BCUT2D eigenvalue weighted by Gasteiger charge is 2.14. The molecule has 1 amide bonds. The summed E-state index contributed by atoms with van der Waals surface area (Å²) < 4.78 is 0.897. The van der Waals surface area contributed by atoms with Gasteiger partial charge in [0.15, 0.2) is 0 Å². The first kappa shape index (κ1) is 13.3. The predicted molar refractivity (Wildman–Crippen MR) is 76.7 cm³/mol. The molecule has 1 unspecified atom stereocenters. The number of carbonyl (C=O) groups is 1. The lowest BCUT2D eigenvalue weighted by Crippen LogP contribution is -2.22. The Morgan fingerprint density at radius 3 is 3.06 bits per heavy atom. The van der Waals surface area contributed by atoms with E-state index in [0.29, 0.717) is 11.5 Å². The molecule has 1 fully saturated rings. The first-order valence-electron chi connectivity index (χ1n) is 6.26. The van der Waals surface area contributed by atoms with Crippen LogP contribution in [0.25, 0.3) is 0 Å². The van der Waals surface area contributed by atoms with E-state index in [1.165, 1.54) is 12.8 Å². The van der Waals surface area contributed by atoms with Crippen LogP contribution in [0, 0.1) is 5.92 Å². The van der Waals surface area contributed by atoms with Crippen LogP contribution in [-0.2, 0) is 0 Å². The average molecular weight is 309 g/mol. The highest BCUT2D eigenvalue weighted by atomic mass is 79.9. The maximum atomic E-state index is 11.9. The van der Waals surface area contributed by atoms with Gasteiger partial charge in [-0.05, 0) is 49.8 Å². The summed E-state index contributed by atoms with van der Waals surface area (Å²) >= 11 is 3.35. The van der Waals surface area contributed by atoms with Gasteiger partial charge in [0.25, 0.3) is 5.91 Å². The number of amides is 1. The van der Waals surface area contributed by atoms with E-state index < -0.39 is 0 Å². The predicted octanol–water partition coefficient (Wildman–Crippen LogP) is 3.75. The Balaban J connectivity index is 1.97. The van der Waals surface area contributed by atoms with E-state index in [4.69, 9.17) is 0 Å². The van der Waals surface area contributed by atoms with Gasteiger partial charge in [-0.15, -0.1) is 0 Å². The number of nitrogens with zero attached hydrogens (tertiary/aromatic N) is 1. The minimum Gasteiger partial charge on any atom is -0.267 e. The van der Waals surface area contributed by atoms with Gasteiger partial charge in [0.05, 0.1) is 0 Å². The van der Waals surface area contributed by atoms with Crippen molar-refractivity contribution in [2.45, 2.75) is 32.6 Å². The smallest absolute Gasteiger partial charge is 0.267 e. The van der Waals surface area contributed by atoms with E-state index in [-0.39, 0.29) is 5.91 Å². The third kappa shape index (κ3) is 3.67. The van der Waals surface area contributed by atoms with Gasteiger partial charge in [-0.3, -0.25) is 4.79 Å². The highest BCUT2D eigenvalue weighted by Crippen LogP contribution is 2.21. The minimum absolute atomic E-state index is 0.151. The molecule has 0 aliphatic heterocycles. The van der Waals surface area contributed by atoms with Crippen LogP contribution >= 0.6 is 15.9 Å². The lowest BCUT2D eigenvalue weighted by Gasteiger charge is -2.18. The van der Waals surface area contributed by atoms with E-state index in [9.17, 15) is 4.79 Å². The molecule has 1 N–H and O–H groups in total. The molecule has 96 valence electrons. The summed E-state index contributed by atoms with van der Waals surface area (Å²) in [5, 5.41) is 4.24. The van der Waals surface area contributed by atoms with Crippen molar-refractivity contribution in [2.75, 3.05) is 0 Å². The molecular weight excluding hydrogens is 292 g/mol. The summed E-state index contributed by atoms with van der Waals surface area (Å²) in [4.78, 5) is 11.9. The quantitative estimate of drug-likeness (QED) is 0.831. The molecule has 0 heterocycles. The Hall–Kier alpha value is -1.16. The second-order valence-electron chi connectivity index (χ2n) is 4.83. The third-order valence-electron chi connectivity index (χ3n) is 3.15. The molecule has 1 aliphatic carbocycles. The Morgan fingerprint density at radius 1 is 1.50 bits per heavy atom. The Morgan fingerprint density at radius 2 is 2.33 bits per heavy atom. The summed E-state index contributed by atoms with van der Waals surface area (Å²) in [6.07, 6.45) is 4.44. The molecule has 1 atom stereocenters. The first-order valence-corrected chi connectivity index (χ1v) is 7.06. The normalized spacial score (nSPS) is 21.9. The van der Waals surface area contributed by atoms with Crippen LogP contribution in [0.15, 0.2) is 33.8 Å². The maximum absolute atomic E-state index is 11.9. The van der Waals surface area contributed by atoms with Crippen molar-refractivity contribution in [3.63, 3.8) is 0 Å². The van der Waals surface area contributed by atoms with Gasteiger partial charge in [0.2, 0.25) is 0 Å². The fraction of sp³-hybridized carbons (Fsp3) is 0.429. The molecule has 18 heavy (non-hydrogen) atoms. The number of hydrogen-bond acceptors (Lipinski definition) is 2. The largest absolute Gasteiger partial charge is 0.271 e. The molecule has 0 bridgehead atoms. The second-order valence-corrected chi connectivity index (χ2v) is 5.75. The van der Waals surface area contributed by atoms with Crippen LogP contribution in [0.3, 0.4) is 0 Å². The van der Waals surface area contributed by atoms with Gasteiger partial charge in [-0.2, -0.15) is 5.10 Å². The Labute approximate surface area is 116 Å². The number of hydrogen-bond donors (Lipinski definition) is 1. The Kier molecular flexibility index (Phi) is 4.53. The van der Waals surface area contributed by atoms with Gasteiger partial charge in [0, 0.05) is 15.7 Å². The molecule has 0 aromatic heterocycles. The summed E-state index contributed by atoms with van der Waals surface area (Å²) in [5.74, 6) is 0.530. The number of hydrazone groups is 1. The van der Waals surface area contributed by atoms with E-state index >= 15 is 0 Å². The van der Waals surface area contributed by atoms with Gasteiger partial charge >= 0.3 is 0 Å². The zero-order chi connectivity index (χ0) is 13.0. The molecule has 2 rings (SSSR count). The molecule has 4 heteroatoms. The topological polar surface area (TPSA) is 41.5 Å². The van der Waals surface area contributed by atoms with Crippen LogP contribution in [-0.4, -0.2) is 11.6 Å². The lowest BCUT2D eigenvalue weighted by atomic mass is 9.89. The van der Waals surface area contributed by atoms with Crippen LogP contribution in [0.1, 0.15) is 43.0 Å². The van der Waals surface area contributed by atoms with Crippen molar-refractivity contribution in [2.24, 2.45) is 11.0 Å². The van der Waals surface area contributed by atoms with Crippen LogP contribution in [0.5, 0.6) is 0 Å². The molecule has 0 radical (unpaired) electrons. The molecule has 0 spiro atoms. The summed E-state index contributed by atoms with van der Waals surface area (Å²) in [6.45, 7) is 2.23. The maximum Gasteiger partial charge on any atom is 0.271 e. The molecule has 1 aromatic carbocycles. The van der Waals surface area contributed by atoms with E-state index in [1.54, 1.807) is 12.1 Å². The third-order valence-corrected chi connectivity index (χ3v) is 3.64. The van der Waals surface area contributed by atoms with Gasteiger partial charge < -0.3 is 0 Å². The number of rotatable bonds is 2. The van der Waals surface area contributed by atoms with Crippen LogP contribution in [0.2, 0.25) is 0 Å². The zero-order valence-corrected chi connectivity index (χ0v) is 12.0. The molecular formula is C14H17BrN2O. The molecule has 1 aromatic rings. The van der Waals surface area contributed by atoms with Gasteiger partial charge in [-0.1, -0.05) is 28.9 Å². The zero-order valence-electron chi connectivity index (χ0n) is 10.4. The van der Waals surface area contributed by atoms with E-state index in [1.807, 2.05) is 12.1 Å². The monoisotopic (exact) mass is 308 g/mol. The minimum atomic E-state index is -0.151. The SMILES string of the molecule is CC1CCCC(=NNC(=O)c2cccc(Br)c2)C1. The van der Waals surface area contributed by atoms with Crippen molar-refractivity contribution in [3.05, 3.63) is 34.3 Å². The summed E-state index contributed by atoms with van der Waals surface area (Å²) in [5.41, 5.74) is 4.38. The second kappa shape index (κ2) is 6.14. The lowest BCUT2D eigenvalue weighted by molar-refractivity contribution is 0.0954. The average Bonchev–Trinajstić information content (AvgIpc) is 2.36. The van der Waals surface area contributed by atoms with Crippen molar-refractivity contribution in [1.82, 2.24) is 5.43 Å². The first-order chi connectivity index (χ1) is 8.65. The standard InChI is InChI=1S/C14H17BrN2O/c1-10-4-2-7-13(8-10)16-17-14(18)11-5-3-6-12(15)9-11/h3,5-6,9-10H,2,4,7-8H2,1H3,(H,17,18). The number of nitrogens with one attached hydrogen (secondary N) is 1. The molecule has 1 aliphatic rings. The summed E-state index contributed by atoms with van der Waals surface area (Å²) in [7, 11) is 0. The fourth-order valence-electron chi connectivity index (χ4n) is 2.19. The van der Waals surface area contributed by atoms with Crippen molar-refractivity contribution in [3.8, 4) is 0 Å². The van der Waals surface area contributed by atoms with Crippen molar-refractivity contribution < 1.29 is 4.79 Å². The highest BCUT2D eigenvalue weighted by molar-refractivity contribution is 9.10. The molecule has 0 saturated heterocycles. The Bertz CT molecular complexity index is 471. The van der Waals surface area contributed by atoms with Crippen LogP contribution < -0.4 is 5.43 Å².